The van der Waals surface area contributed by atoms with Crippen molar-refractivity contribution in [3.8, 4) is 0 Å². The molecule has 1 aliphatic rings. The van der Waals surface area contributed by atoms with E-state index in [0.29, 0.717) is 6.54 Å². The van der Waals surface area contributed by atoms with Gasteiger partial charge in [-0.25, -0.2) is 10.3 Å². The number of aromatic nitrogens is 1. The molecule has 1 aromatic heterocycles. The van der Waals surface area contributed by atoms with Crippen LogP contribution in [0.15, 0.2) is 37.2 Å². The summed E-state index contributed by atoms with van der Waals surface area (Å²) in [5, 5.41) is 9.04. The van der Waals surface area contributed by atoms with Crippen molar-refractivity contribution < 1.29 is 24.3 Å². The van der Waals surface area contributed by atoms with Crippen LogP contribution in [0.1, 0.15) is 57.9 Å². The van der Waals surface area contributed by atoms with Crippen LogP contribution in [-0.2, 0) is 25.5 Å². The molecule has 176 valence electrons. The molecule has 1 aliphatic carbocycles. The SMILES string of the molecule is C=CC[C@@H](CC(=O)N(CC(C)C)[C@@H](Cc1cccnc1)C(=O)OC1CCCC1)C(=O)NO. The maximum absolute atomic E-state index is 13.4. The molecule has 2 rings (SSSR count). The van der Waals surface area contributed by atoms with E-state index in [1.165, 1.54) is 11.0 Å². The van der Waals surface area contributed by atoms with Gasteiger partial charge in [0.2, 0.25) is 11.8 Å². The molecule has 0 radical (unpaired) electrons. The molecule has 2 N–H and O–H groups in total. The Hall–Kier alpha value is -2.74. The summed E-state index contributed by atoms with van der Waals surface area (Å²) in [6.45, 7) is 7.89. The van der Waals surface area contributed by atoms with Crippen LogP contribution in [0, 0.1) is 11.8 Å². The molecule has 1 heterocycles. The average Bonchev–Trinajstić information content (AvgIpc) is 3.28. The first-order valence-electron chi connectivity index (χ1n) is 11.3. The standard InChI is InChI=1S/C24H35N3O5/c1-4-8-19(23(29)26-31)14-22(28)27(16-17(2)3)21(13-18-9-7-12-25-15-18)24(30)32-20-10-5-6-11-20/h4,7,9,12,15,17,19-21,31H,1,5-6,8,10-11,13-14,16H2,2-3H3,(H,26,29)/t19-,21-/m0/s1. The van der Waals surface area contributed by atoms with Gasteiger partial charge >= 0.3 is 5.97 Å². The van der Waals surface area contributed by atoms with Crippen molar-refractivity contribution in [3.05, 3.63) is 42.7 Å². The van der Waals surface area contributed by atoms with Crippen molar-refractivity contribution in [2.75, 3.05) is 6.54 Å². The monoisotopic (exact) mass is 445 g/mol. The Morgan fingerprint density at radius 1 is 1.34 bits per heavy atom. The van der Waals surface area contributed by atoms with Crippen LogP contribution in [0.25, 0.3) is 0 Å². The Kier molecular flexibility index (Phi) is 10.3. The van der Waals surface area contributed by atoms with Crippen molar-refractivity contribution in [1.29, 1.82) is 0 Å². The third kappa shape index (κ3) is 7.75. The van der Waals surface area contributed by atoms with Gasteiger partial charge in [0, 0.05) is 31.8 Å². The van der Waals surface area contributed by atoms with Gasteiger partial charge in [-0.3, -0.25) is 19.8 Å². The van der Waals surface area contributed by atoms with E-state index >= 15 is 0 Å². The first kappa shape index (κ1) is 25.5. The molecule has 0 bridgehead atoms. The zero-order valence-corrected chi connectivity index (χ0v) is 19.0. The van der Waals surface area contributed by atoms with Gasteiger partial charge in [-0.05, 0) is 49.7 Å². The molecular formula is C24H35N3O5. The lowest BCUT2D eigenvalue weighted by molar-refractivity contribution is -0.160. The lowest BCUT2D eigenvalue weighted by Gasteiger charge is -2.33. The Bertz CT molecular complexity index is 762. The number of hydrogen-bond donors (Lipinski definition) is 2. The molecule has 0 aliphatic heterocycles. The summed E-state index contributed by atoms with van der Waals surface area (Å²) in [5.74, 6) is -2.10. The third-order valence-electron chi connectivity index (χ3n) is 5.62. The fraction of sp³-hybridized carbons (Fsp3) is 0.583. The summed E-state index contributed by atoms with van der Waals surface area (Å²) in [6, 6.07) is 2.83. The molecule has 32 heavy (non-hydrogen) atoms. The van der Waals surface area contributed by atoms with Gasteiger partial charge in [0.1, 0.15) is 12.1 Å². The molecule has 0 spiro atoms. The van der Waals surface area contributed by atoms with Gasteiger partial charge in [0.25, 0.3) is 0 Å². The van der Waals surface area contributed by atoms with Crippen LogP contribution in [0.5, 0.6) is 0 Å². The van der Waals surface area contributed by atoms with E-state index in [2.05, 4.69) is 11.6 Å². The predicted molar refractivity (Wildman–Crippen MR) is 119 cm³/mol. The zero-order valence-electron chi connectivity index (χ0n) is 19.0. The predicted octanol–water partition coefficient (Wildman–Crippen LogP) is 3.05. The van der Waals surface area contributed by atoms with E-state index in [-0.39, 0.29) is 37.2 Å². The van der Waals surface area contributed by atoms with Crippen molar-refractivity contribution >= 4 is 17.8 Å². The molecule has 0 unspecified atom stereocenters. The number of allylic oxidation sites excluding steroid dienone is 1. The molecule has 0 saturated heterocycles. The number of nitrogens with zero attached hydrogens (tertiary/aromatic N) is 2. The minimum Gasteiger partial charge on any atom is -0.461 e. The minimum absolute atomic E-state index is 0.0964. The number of rotatable bonds is 12. The minimum atomic E-state index is -0.823. The number of amides is 2. The van der Waals surface area contributed by atoms with E-state index in [4.69, 9.17) is 9.94 Å². The molecule has 8 nitrogen and oxygen atoms in total. The van der Waals surface area contributed by atoms with Gasteiger partial charge in [-0.1, -0.05) is 26.0 Å². The second kappa shape index (κ2) is 13.0. The first-order chi connectivity index (χ1) is 15.3. The van der Waals surface area contributed by atoms with Crippen LogP contribution < -0.4 is 5.48 Å². The van der Waals surface area contributed by atoms with E-state index in [1.807, 2.05) is 19.9 Å². The van der Waals surface area contributed by atoms with Gasteiger partial charge in [0.05, 0.1) is 5.92 Å². The van der Waals surface area contributed by atoms with Crippen LogP contribution in [-0.4, -0.2) is 51.6 Å². The molecule has 1 aromatic rings. The summed E-state index contributed by atoms with van der Waals surface area (Å²) in [4.78, 5) is 44.3. The lowest BCUT2D eigenvalue weighted by Crippen LogP contribution is -2.50. The highest BCUT2D eigenvalue weighted by Gasteiger charge is 2.35. The summed E-state index contributed by atoms with van der Waals surface area (Å²) in [5.41, 5.74) is 2.44. The van der Waals surface area contributed by atoms with Crippen LogP contribution in [0.3, 0.4) is 0 Å². The van der Waals surface area contributed by atoms with E-state index in [9.17, 15) is 14.4 Å². The van der Waals surface area contributed by atoms with E-state index in [0.717, 1.165) is 31.2 Å². The number of carbonyl (C=O) groups is 3. The van der Waals surface area contributed by atoms with Gasteiger partial charge in [-0.2, -0.15) is 0 Å². The number of hydroxylamine groups is 1. The van der Waals surface area contributed by atoms with Crippen LogP contribution >= 0.6 is 0 Å². The summed E-state index contributed by atoms with van der Waals surface area (Å²) < 4.78 is 5.79. The number of esters is 1. The number of carbonyl (C=O) groups excluding carboxylic acids is 3. The zero-order chi connectivity index (χ0) is 23.5. The number of nitrogens with one attached hydrogen (secondary N) is 1. The Labute approximate surface area is 190 Å². The normalized spacial score (nSPS) is 15.8. The first-order valence-corrected chi connectivity index (χ1v) is 11.3. The number of ether oxygens (including phenoxy) is 1. The maximum atomic E-state index is 13.4. The second-order valence-electron chi connectivity index (χ2n) is 8.77. The molecule has 8 heteroatoms. The average molecular weight is 446 g/mol. The Balaban J connectivity index is 2.30. The summed E-state index contributed by atoms with van der Waals surface area (Å²) in [6.07, 6.45) is 8.81. The second-order valence-corrected chi connectivity index (χ2v) is 8.77. The van der Waals surface area contributed by atoms with Crippen molar-refractivity contribution in [1.82, 2.24) is 15.4 Å². The molecule has 2 amide bonds. The summed E-state index contributed by atoms with van der Waals surface area (Å²) in [7, 11) is 0. The molecule has 0 aromatic carbocycles. The fourth-order valence-electron chi connectivity index (χ4n) is 4.01. The van der Waals surface area contributed by atoms with Gasteiger partial charge in [-0.15, -0.1) is 6.58 Å². The van der Waals surface area contributed by atoms with Crippen molar-refractivity contribution in [3.63, 3.8) is 0 Å². The highest BCUT2D eigenvalue weighted by molar-refractivity contribution is 5.88. The quantitative estimate of drug-likeness (QED) is 0.222. The van der Waals surface area contributed by atoms with Crippen LogP contribution in [0.2, 0.25) is 0 Å². The fourth-order valence-corrected chi connectivity index (χ4v) is 4.01. The molecule has 1 fully saturated rings. The largest absolute Gasteiger partial charge is 0.461 e. The van der Waals surface area contributed by atoms with E-state index < -0.39 is 23.8 Å². The maximum Gasteiger partial charge on any atom is 0.329 e. The number of hydrogen-bond acceptors (Lipinski definition) is 6. The Morgan fingerprint density at radius 2 is 2.06 bits per heavy atom. The van der Waals surface area contributed by atoms with Crippen molar-refractivity contribution in [2.24, 2.45) is 11.8 Å². The van der Waals surface area contributed by atoms with Crippen molar-refractivity contribution in [2.45, 2.75) is 70.9 Å². The highest BCUT2D eigenvalue weighted by Crippen LogP contribution is 2.24. The molecular weight excluding hydrogens is 410 g/mol. The third-order valence-corrected chi connectivity index (χ3v) is 5.62. The molecule has 2 atom stereocenters. The topological polar surface area (TPSA) is 109 Å². The van der Waals surface area contributed by atoms with Gasteiger partial charge < -0.3 is 9.64 Å². The lowest BCUT2D eigenvalue weighted by atomic mass is 9.97. The smallest absolute Gasteiger partial charge is 0.329 e. The van der Waals surface area contributed by atoms with E-state index in [1.54, 1.807) is 23.9 Å². The summed E-state index contributed by atoms with van der Waals surface area (Å²) >= 11 is 0. The Morgan fingerprint density at radius 3 is 2.62 bits per heavy atom. The van der Waals surface area contributed by atoms with Crippen LogP contribution in [0.4, 0.5) is 0 Å². The van der Waals surface area contributed by atoms with Gasteiger partial charge in [0.15, 0.2) is 0 Å². The molecule has 1 saturated carbocycles. The number of pyridine rings is 1. The highest BCUT2D eigenvalue weighted by atomic mass is 16.5.